The van der Waals surface area contributed by atoms with Gasteiger partial charge in [0.1, 0.15) is 0 Å². The topological polar surface area (TPSA) is 97.4 Å². The van der Waals surface area contributed by atoms with Crippen molar-refractivity contribution in [3.05, 3.63) is 59.9 Å². The summed E-state index contributed by atoms with van der Waals surface area (Å²) in [5, 5.41) is 3.05. The largest absolute Gasteiger partial charge is 0.370 e. The molecule has 0 aliphatic rings. The fraction of sp³-hybridized carbons (Fsp3) is 0.294. The van der Waals surface area contributed by atoms with Crippen LogP contribution in [0.1, 0.15) is 11.3 Å². The highest BCUT2D eigenvalue weighted by Crippen LogP contribution is 2.10. The summed E-state index contributed by atoms with van der Waals surface area (Å²) in [6.07, 6.45) is 4.44. The Balaban J connectivity index is 0.00000312. The van der Waals surface area contributed by atoms with Crippen LogP contribution >= 0.6 is 24.0 Å². The maximum atomic E-state index is 11.4. The Kier molecular flexibility index (Phi) is 8.84. The molecule has 0 radical (unpaired) electrons. The molecule has 0 saturated heterocycles. The van der Waals surface area contributed by atoms with E-state index in [1.165, 1.54) is 6.26 Å². The van der Waals surface area contributed by atoms with E-state index in [1.807, 2.05) is 30.3 Å². The number of sulfone groups is 1. The van der Waals surface area contributed by atoms with Gasteiger partial charge >= 0.3 is 0 Å². The highest BCUT2D eigenvalue weighted by molar-refractivity contribution is 14.0. The van der Waals surface area contributed by atoms with E-state index < -0.39 is 9.84 Å². The van der Waals surface area contributed by atoms with E-state index in [4.69, 9.17) is 5.73 Å². The molecule has 0 aliphatic heterocycles. The standard InChI is InChI=1S/C17H22N4O2S.HI/c1-24(22,23)16-7-5-14(6-8-16)9-12-20-17(18)21-13-10-15-4-2-3-11-19-15;/h2-8,11H,9-10,12-13H2,1H3,(H3,18,20,21);1H. The van der Waals surface area contributed by atoms with E-state index >= 15 is 0 Å². The van der Waals surface area contributed by atoms with Gasteiger partial charge < -0.3 is 11.1 Å². The van der Waals surface area contributed by atoms with Gasteiger partial charge in [0, 0.05) is 37.7 Å². The van der Waals surface area contributed by atoms with Crippen molar-refractivity contribution in [2.45, 2.75) is 17.7 Å². The molecule has 2 rings (SSSR count). The van der Waals surface area contributed by atoms with E-state index in [9.17, 15) is 8.42 Å². The van der Waals surface area contributed by atoms with Gasteiger partial charge in [0.05, 0.1) is 4.90 Å². The van der Waals surface area contributed by atoms with Crippen LogP contribution in [0.5, 0.6) is 0 Å². The second kappa shape index (κ2) is 10.3. The van der Waals surface area contributed by atoms with Gasteiger partial charge in [0.2, 0.25) is 0 Å². The number of pyridine rings is 1. The van der Waals surface area contributed by atoms with E-state index in [1.54, 1.807) is 18.3 Å². The van der Waals surface area contributed by atoms with Crippen LogP contribution < -0.4 is 11.1 Å². The number of benzene rings is 1. The zero-order valence-corrected chi connectivity index (χ0v) is 17.2. The van der Waals surface area contributed by atoms with Crippen LogP contribution in [0.2, 0.25) is 0 Å². The first-order valence-corrected chi connectivity index (χ1v) is 9.57. The molecule has 0 spiro atoms. The smallest absolute Gasteiger partial charge is 0.188 e. The Hall–Kier alpha value is -1.68. The Morgan fingerprint density at radius 2 is 1.88 bits per heavy atom. The summed E-state index contributed by atoms with van der Waals surface area (Å²) in [6.45, 7) is 1.22. The van der Waals surface area contributed by atoms with Crippen molar-refractivity contribution in [3.63, 3.8) is 0 Å². The maximum Gasteiger partial charge on any atom is 0.188 e. The molecule has 0 atom stereocenters. The van der Waals surface area contributed by atoms with Gasteiger partial charge in [0.25, 0.3) is 0 Å². The molecule has 0 fully saturated rings. The molecular weight excluding hydrogens is 451 g/mol. The average molecular weight is 474 g/mol. The summed E-state index contributed by atoms with van der Waals surface area (Å²) in [5.41, 5.74) is 7.85. The Bertz CT molecular complexity index is 778. The second-order valence-corrected chi connectivity index (χ2v) is 7.45. The Labute approximate surface area is 165 Å². The molecule has 0 unspecified atom stereocenters. The minimum atomic E-state index is -3.15. The van der Waals surface area contributed by atoms with E-state index in [0.29, 0.717) is 23.9 Å². The number of hydrogen-bond donors (Lipinski definition) is 2. The molecular formula is C17H23IN4O2S. The molecule has 1 aromatic carbocycles. The number of nitrogens with zero attached hydrogens (tertiary/aromatic N) is 2. The summed E-state index contributed by atoms with van der Waals surface area (Å²) in [4.78, 5) is 8.82. The molecule has 0 aliphatic carbocycles. The second-order valence-electron chi connectivity index (χ2n) is 5.43. The molecule has 2 aromatic rings. The summed E-state index contributed by atoms with van der Waals surface area (Å²) in [6, 6.07) is 12.6. The van der Waals surface area contributed by atoms with Crippen molar-refractivity contribution in [2.24, 2.45) is 10.7 Å². The number of halogens is 1. The third kappa shape index (κ3) is 7.82. The molecule has 25 heavy (non-hydrogen) atoms. The van der Waals surface area contributed by atoms with Crippen molar-refractivity contribution < 1.29 is 8.42 Å². The van der Waals surface area contributed by atoms with Gasteiger partial charge in [-0.05, 0) is 36.2 Å². The van der Waals surface area contributed by atoms with Crippen LogP contribution in [0.4, 0.5) is 0 Å². The highest BCUT2D eigenvalue weighted by Gasteiger charge is 2.05. The highest BCUT2D eigenvalue weighted by atomic mass is 127. The number of rotatable bonds is 7. The van der Waals surface area contributed by atoms with E-state index in [0.717, 1.165) is 24.1 Å². The van der Waals surface area contributed by atoms with Crippen molar-refractivity contribution in [2.75, 3.05) is 19.3 Å². The number of hydrogen-bond acceptors (Lipinski definition) is 4. The Morgan fingerprint density at radius 3 is 2.48 bits per heavy atom. The summed E-state index contributed by atoms with van der Waals surface area (Å²) < 4.78 is 22.8. The third-order valence-corrected chi connectivity index (χ3v) is 4.58. The lowest BCUT2D eigenvalue weighted by atomic mass is 10.1. The third-order valence-electron chi connectivity index (χ3n) is 3.45. The van der Waals surface area contributed by atoms with Crippen LogP contribution in [-0.2, 0) is 22.7 Å². The zero-order valence-electron chi connectivity index (χ0n) is 14.1. The lowest BCUT2D eigenvalue weighted by molar-refractivity contribution is 0.602. The van der Waals surface area contributed by atoms with Crippen molar-refractivity contribution in [1.29, 1.82) is 0 Å². The van der Waals surface area contributed by atoms with Crippen molar-refractivity contribution >= 4 is 39.8 Å². The lowest BCUT2D eigenvalue weighted by Gasteiger charge is -2.06. The first kappa shape index (κ1) is 21.4. The number of nitrogens with two attached hydrogens (primary N) is 1. The molecule has 0 bridgehead atoms. The van der Waals surface area contributed by atoms with Crippen molar-refractivity contribution in [3.8, 4) is 0 Å². The minimum absolute atomic E-state index is 0. The monoisotopic (exact) mass is 474 g/mol. The van der Waals surface area contributed by atoms with Crippen LogP contribution in [0.25, 0.3) is 0 Å². The van der Waals surface area contributed by atoms with E-state index in [-0.39, 0.29) is 24.0 Å². The lowest BCUT2D eigenvalue weighted by Crippen LogP contribution is -2.33. The normalized spacial score (nSPS) is 11.6. The summed E-state index contributed by atoms with van der Waals surface area (Å²) in [7, 11) is -3.15. The molecule has 1 aromatic heterocycles. The number of aromatic nitrogens is 1. The van der Waals surface area contributed by atoms with Gasteiger partial charge in [-0.1, -0.05) is 18.2 Å². The van der Waals surface area contributed by atoms with Gasteiger partial charge in [-0.15, -0.1) is 24.0 Å². The van der Waals surface area contributed by atoms with Crippen LogP contribution in [0, 0.1) is 0 Å². The average Bonchev–Trinajstić information content (AvgIpc) is 2.55. The van der Waals surface area contributed by atoms with E-state index in [2.05, 4.69) is 15.3 Å². The zero-order chi connectivity index (χ0) is 17.4. The summed E-state index contributed by atoms with van der Waals surface area (Å²) >= 11 is 0. The fourth-order valence-corrected chi connectivity index (χ4v) is 2.76. The van der Waals surface area contributed by atoms with Gasteiger partial charge in [-0.25, -0.2) is 8.42 Å². The number of aliphatic imine (C=N–C) groups is 1. The maximum absolute atomic E-state index is 11.4. The number of guanidine groups is 1. The first-order chi connectivity index (χ1) is 11.4. The molecule has 1 heterocycles. The van der Waals surface area contributed by atoms with Gasteiger partial charge in [-0.3, -0.25) is 9.98 Å². The Morgan fingerprint density at radius 1 is 1.16 bits per heavy atom. The predicted molar refractivity (Wildman–Crippen MR) is 111 cm³/mol. The van der Waals surface area contributed by atoms with Crippen LogP contribution in [0.3, 0.4) is 0 Å². The van der Waals surface area contributed by atoms with Crippen LogP contribution in [0.15, 0.2) is 58.5 Å². The summed E-state index contributed by atoms with van der Waals surface area (Å²) in [5.74, 6) is 0.402. The molecule has 0 saturated carbocycles. The van der Waals surface area contributed by atoms with Crippen molar-refractivity contribution in [1.82, 2.24) is 10.3 Å². The first-order valence-electron chi connectivity index (χ1n) is 7.68. The SMILES string of the molecule is CS(=O)(=O)c1ccc(CCNC(N)=NCCc2ccccn2)cc1.I. The molecule has 8 heteroatoms. The molecule has 3 N–H and O–H groups in total. The fourth-order valence-electron chi connectivity index (χ4n) is 2.13. The predicted octanol–water partition coefficient (Wildman–Crippen LogP) is 1.79. The number of nitrogens with one attached hydrogen (secondary N) is 1. The molecule has 0 amide bonds. The quantitative estimate of drug-likeness (QED) is 0.363. The van der Waals surface area contributed by atoms with Gasteiger partial charge in [-0.2, -0.15) is 0 Å². The minimum Gasteiger partial charge on any atom is -0.370 e. The molecule has 6 nitrogen and oxygen atoms in total. The van der Waals surface area contributed by atoms with Crippen LogP contribution in [-0.4, -0.2) is 38.7 Å². The molecule has 136 valence electrons. The van der Waals surface area contributed by atoms with Gasteiger partial charge in [0.15, 0.2) is 15.8 Å².